The maximum atomic E-state index is 5.81. The number of nitrogens with two attached hydrogens (primary N) is 1. The van der Waals surface area contributed by atoms with Gasteiger partial charge in [0, 0.05) is 18.2 Å². The Hall–Kier alpha value is -1.29. The van der Waals surface area contributed by atoms with Crippen molar-refractivity contribution in [3.05, 3.63) is 18.5 Å². The van der Waals surface area contributed by atoms with Crippen LogP contribution in [0.2, 0.25) is 0 Å². The molecule has 1 aliphatic heterocycles. The van der Waals surface area contributed by atoms with Gasteiger partial charge in [-0.2, -0.15) is 0 Å². The number of hydrogen-bond acceptors (Lipinski definition) is 4. The third kappa shape index (κ3) is 1.97. The fourth-order valence-electron chi connectivity index (χ4n) is 3.26. The van der Waals surface area contributed by atoms with Crippen LogP contribution in [0, 0.1) is 5.92 Å². The molecule has 4 heteroatoms. The molecule has 0 amide bonds. The van der Waals surface area contributed by atoms with Gasteiger partial charge >= 0.3 is 0 Å². The van der Waals surface area contributed by atoms with Gasteiger partial charge in [-0.05, 0) is 32.2 Å². The molecule has 0 radical (unpaired) electrons. The highest BCUT2D eigenvalue weighted by atomic mass is 16.5. The molecule has 1 saturated heterocycles. The SMILES string of the molecule is CN1[C@H]2CC[C@H](C2)[C@H]1COc1cncc(N)c1. The van der Waals surface area contributed by atoms with Crippen LogP contribution in [0.3, 0.4) is 0 Å². The summed E-state index contributed by atoms with van der Waals surface area (Å²) in [5.74, 6) is 1.60. The van der Waals surface area contributed by atoms with Crippen LogP contribution >= 0.6 is 0 Å². The van der Waals surface area contributed by atoms with E-state index >= 15 is 0 Å². The maximum Gasteiger partial charge on any atom is 0.139 e. The quantitative estimate of drug-likeness (QED) is 0.860. The van der Waals surface area contributed by atoms with Crippen molar-refractivity contribution in [2.24, 2.45) is 5.92 Å². The van der Waals surface area contributed by atoms with Gasteiger partial charge in [0.25, 0.3) is 0 Å². The number of fused-ring (bicyclic) bond motifs is 2. The summed E-state index contributed by atoms with van der Waals surface area (Å²) in [5.41, 5.74) is 6.33. The number of hydrogen-bond donors (Lipinski definition) is 1. The number of pyridine rings is 1. The molecule has 3 atom stereocenters. The number of likely N-dealkylation sites (tertiary alicyclic amines) is 1. The van der Waals surface area contributed by atoms with Crippen molar-refractivity contribution in [3.8, 4) is 5.75 Å². The van der Waals surface area contributed by atoms with E-state index < -0.39 is 0 Å². The highest BCUT2D eigenvalue weighted by molar-refractivity contribution is 5.39. The number of rotatable bonds is 3. The zero-order valence-corrected chi connectivity index (χ0v) is 10.2. The Morgan fingerprint density at radius 3 is 3.06 bits per heavy atom. The molecular weight excluding hydrogens is 214 g/mol. The van der Waals surface area contributed by atoms with Crippen molar-refractivity contribution in [2.45, 2.75) is 31.3 Å². The summed E-state index contributed by atoms with van der Waals surface area (Å²) in [6.07, 6.45) is 7.43. The molecule has 92 valence electrons. The number of nitrogen functional groups attached to an aromatic ring is 1. The first-order chi connectivity index (χ1) is 8.24. The molecule has 0 unspecified atom stereocenters. The van der Waals surface area contributed by atoms with Gasteiger partial charge in [0.15, 0.2) is 0 Å². The standard InChI is InChI=1S/C13H19N3O/c1-16-11-3-2-9(4-11)13(16)8-17-12-5-10(14)6-15-7-12/h5-7,9,11,13H,2-4,8,14H2,1H3/t9-,11+,13-/m1/s1. The molecule has 0 aromatic carbocycles. The average Bonchev–Trinajstić information content (AvgIpc) is 2.88. The molecule has 3 rings (SSSR count). The fraction of sp³-hybridized carbons (Fsp3) is 0.615. The molecule has 4 nitrogen and oxygen atoms in total. The van der Waals surface area contributed by atoms with Crippen molar-refractivity contribution in [3.63, 3.8) is 0 Å². The van der Waals surface area contributed by atoms with Gasteiger partial charge < -0.3 is 10.5 Å². The number of anilines is 1. The normalized spacial score (nSPS) is 31.9. The van der Waals surface area contributed by atoms with E-state index in [1.807, 2.05) is 6.07 Å². The Bertz CT molecular complexity index is 407. The van der Waals surface area contributed by atoms with E-state index in [0.29, 0.717) is 11.7 Å². The molecule has 17 heavy (non-hydrogen) atoms. The van der Waals surface area contributed by atoms with E-state index in [1.165, 1.54) is 19.3 Å². The van der Waals surface area contributed by atoms with E-state index in [1.54, 1.807) is 12.4 Å². The molecule has 2 fully saturated rings. The molecule has 1 saturated carbocycles. The lowest BCUT2D eigenvalue weighted by Gasteiger charge is -2.31. The first kappa shape index (κ1) is 10.8. The van der Waals surface area contributed by atoms with Gasteiger partial charge in [0.1, 0.15) is 12.4 Å². The molecule has 2 aliphatic rings. The molecule has 1 aromatic heterocycles. The Kier molecular flexibility index (Phi) is 2.67. The van der Waals surface area contributed by atoms with Crippen molar-refractivity contribution >= 4 is 5.69 Å². The van der Waals surface area contributed by atoms with Gasteiger partial charge in [-0.15, -0.1) is 0 Å². The average molecular weight is 233 g/mol. The van der Waals surface area contributed by atoms with Crippen LogP contribution < -0.4 is 10.5 Å². The smallest absolute Gasteiger partial charge is 0.139 e. The second-order valence-electron chi connectivity index (χ2n) is 5.22. The van der Waals surface area contributed by atoms with E-state index in [2.05, 4.69) is 16.9 Å². The minimum atomic E-state index is 0.565. The molecule has 2 bridgehead atoms. The van der Waals surface area contributed by atoms with Crippen molar-refractivity contribution in [1.29, 1.82) is 0 Å². The largest absolute Gasteiger partial charge is 0.490 e. The van der Waals surface area contributed by atoms with E-state index in [0.717, 1.165) is 24.3 Å². The van der Waals surface area contributed by atoms with E-state index in [4.69, 9.17) is 10.5 Å². The Labute approximate surface area is 102 Å². The molecule has 2 N–H and O–H groups in total. The molecule has 2 heterocycles. The van der Waals surface area contributed by atoms with Gasteiger partial charge in [-0.1, -0.05) is 0 Å². The number of ether oxygens (including phenoxy) is 1. The summed E-state index contributed by atoms with van der Waals surface area (Å²) < 4.78 is 5.81. The first-order valence-corrected chi connectivity index (χ1v) is 6.29. The molecule has 1 aliphatic carbocycles. The van der Waals surface area contributed by atoms with Crippen LogP contribution in [0.1, 0.15) is 19.3 Å². The second kappa shape index (κ2) is 4.18. The number of nitrogens with zero attached hydrogens (tertiary/aromatic N) is 2. The fourth-order valence-corrected chi connectivity index (χ4v) is 3.26. The summed E-state index contributed by atoms with van der Waals surface area (Å²) in [6, 6.07) is 3.18. The lowest BCUT2D eigenvalue weighted by molar-refractivity contribution is 0.118. The van der Waals surface area contributed by atoms with Crippen LogP contribution in [-0.4, -0.2) is 35.6 Å². The predicted molar refractivity (Wildman–Crippen MR) is 66.8 cm³/mol. The number of aromatic nitrogens is 1. The maximum absolute atomic E-state index is 5.81. The van der Waals surface area contributed by atoms with Crippen LogP contribution in [0.15, 0.2) is 18.5 Å². The molecule has 1 aromatic rings. The highest BCUT2D eigenvalue weighted by Gasteiger charge is 2.43. The van der Waals surface area contributed by atoms with Crippen molar-refractivity contribution in [1.82, 2.24) is 9.88 Å². The number of piperidine rings is 1. The third-order valence-corrected chi connectivity index (χ3v) is 4.24. The lowest BCUT2D eigenvalue weighted by Crippen LogP contribution is -2.41. The topological polar surface area (TPSA) is 51.4 Å². The van der Waals surface area contributed by atoms with E-state index in [-0.39, 0.29) is 0 Å². The van der Waals surface area contributed by atoms with Crippen molar-refractivity contribution in [2.75, 3.05) is 19.4 Å². The minimum absolute atomic E-state index is 0.565. The second-order valence-corrected chi connectivity index (χ2v) is 5.22. The van der Waals surface area contributed by atoms with Crippen LogP contribution in [0.5, 0.6) is 5.75 Å². The predicted octanol–water partition coefficient (Wildman–Crippen LogP) is 1.53. The van der Waals surface area contributed by atoms with Gasteiger partial charge in [-0.25, -0.2) is 0 Å². The lowest BCUT2D eigenvalue weighted by atomic mass is 10.00. The Morgan fingerprint density at radius 2 is 2.35 bits per heavy atom. The Balaban J connectivity index is 1.61. The summed E-state index contributed by atoms with van der Waals surface area (Å²) in [7, 11) is 2.22. The zero-order valence-electron chi connectivity index (χ0n) is 10.2. The van der Waals surface area contributed by atoms with Crippen molar-refractivity contribution < 1.29 is 4.74 Å². The minimum Gasteiger partial charge on any atom is -0.490 e. The van der Waals surface area contributed by atoms with E-state index in [9.17, 15) is 0 Å². The first-order valence-electron chi connectivity index (χ1n) is 6.29. The molecular formula is C13H19N3O. The van der Waals surface area contributed by atoms with Crippen LogP contribution in [0.25, 0.3) is 0 Å². The monoisotopic (exact) mass is 233 g/mol. The number of likely N-dealkylation sites (N-methyl/N-ethyl adjacent to an activating group) is 1. The zero-order chi connectivity index (χ0) is 11.8. The van der Waals surface area contributed by atoms with Gasteiger partial charge in [0.05, 0.1) is 18.1 Å². The Morgan fingerprint density at radius 1 is 1.47 bits per heavy atom. The highest BCUT2D eigenvalue weighted by Crippen LogP contribution is 2.41. The molecule has 0 spiro atoms. The van der Waals surface area contributed by atoms with Gasteiger partial charge in [-0.3, -0.25) is 9.88 Å². The van der Waals surface area contributed by atoms with Crippen LogP contribution in [-0.2, 0) is 0 Å². The summed E-state index contributed by atoms with van der Waals surface area (Å²) >= 11 is 0. The van der Waals surface area contributed by atoms with Gasteiger partial charge in [0.2, 0.25) is 0 Å². The van der Waals surface area contributed by atoms with Crippen LogP contribution in [0.4, 0.5) is 5.69 Å². The summed E-state index contributed by atoms with van der Waals surface area (Å²) in [6.45, 7) is 0.753. The summed E-state index contributed by atoms with van der Waals surface area (Å²) in [4.78, 5) is 6.51. The third-order valence-electron chi connectivity index (χ3n) is 4.24. The summed E-state index contributed by atoms with van der Waals surface area (Å²) in [5, 5.41) is 0.